The van der Waals surface area contributed by atoms with E-state index < -0.39 is 0 Å². The van der Waals surface area contributed by atoms with Crippen molar-refractivity contribution in [2.45, 2.75) is 9.79 Å². The van der Waals surface area contributed by atoms with Gasteiger partial charge in [0.15, 0.2) is 0 Å². The van der Waals surface area contributed by atoms with Crippen LogP contribution in [0.1, 0.15) is 5.69 Å². The minimum absolute atomic E-state index is 0.225. The molecule has 1 N–H and O–H groups in total. The van der Waals surface area contributed by atoms with Gasteiger partial charge in [0.05, 0.1) is 16.9 Å². The van der Waals surface area contributed by atoms with E-state index in [0.717, 1.165) is 20.5 Å². The van der Waals surface area contributed by atoms with Gasteiger partial charge in [-0.3, -0.25) is 14.8 Å². The molecule has 3 aromatic rings. The quantitative estimate of drug-likeness (QED) is 0.649. The molecule has 0 atom stereocenters. The number of aromatic nitrogens is 2. The summed E-state index contributed by atoms with van der Waals surface area (Å²) in [7, 11) is 0. The Kier molecular flexibility index (Phi) is 5.82. The highest BCUT2D eigenvalue weighted by Gasteiger charge is 2.03. The first-order valence-electron chi connectivity index (χ1n) is 7.48. The molecule has 3 rings (SSSR count). The minimum Gasteiger partial charge on any atom is -0.323 e. The summed E-state index contributed by atoms with van der Waals surface area (Å²) in [5.74, 6) is -0.225. The van der Waals surface area contributed by atoms with Gasteiger partial charge in [-0.25, -0.2) is 0 Å². The van der Waals surface area contributed by atoms with Crippen LogP contribution in [0.3, 0.4) is 0 Å². The van der Waals surface area contributed by atoms with Crippen molar-refractivity contribution in [3.8, 4) is 0 Å². The molecular weight excluding hydrogens is 354 g/mol. The number of nitrogens with one attached hydrogen (secondary N) is 1. The van der Waals surface area contributed by atoms with Crippen LogP contribution in [0.25, 0.3) is 6.08 Å². The molecule has 0 fully saturated rings. The highest BCUT2D eigenvalue weighted by molar-refractivity contribution is 7.99. The second-order valence-corrected chi connectivity index (χ2v) is 6.53. The SMILES string of the molecule is O=C(/C=C\c1cnccn1)Nc1ccc(Sc2ccccc2Cl)cc1. The fraction of sp³-hybridized carbons (Fsp3) is 0. The summed E-state index contributed by atoms with van der Waals surface area (Å²) in [4.78, 5) is 22.0. The molecule has 0 saturated carbocycles. The number of nitrogens with zero attached hydrogens (tertiary/aromatic N) is 2. The number of anilines is 1. The summed E-state index contributed by atoms with van der Waals surface area (Å²) in [5.41, 5.74) is 1.35. The van der Waals surface area contributed by atoms with Crippen molar-refractivity contribution in [2.24, 2.45) is 0 Å². The highest BCUT2D eigenvalue weighted by atomic mass is 35.5. The topological polar surface area (TPSA) is 54.9 Å². The van der Waals surface area contributed by atoms with Crippen molar-refractivity contribution >= 4 is 41.0 Å². The standard InChI is InChI=1S/C19H14ClN3OS/c20-17-3-1-2-4-18(17)25-16-8-5-14(6-9-16)23-19(24)10-7-15-13-21-11-12-22-15/h1-13H,(H,23,24)/b10-7-. The van der Waals surface area contributed by atoms with E-state index in [0.29, 0.717) is 5.69 Å². The van der Waals surface area contributed by atoms with Crippen molar-refractivity contribution in [2.75, 3.05) is 5.32 Å². The van der Waals surface area contributed by atoms with Crippen molar-refractivity contribution in [3.05, 3.63) is 83.9 Å². The van der Waals surface area contributed by atoms with E-state index in [4.69, 9.17) is 11.6 Å². The monoisotopic (exact) mass is 367 g/mol. The van der Waals surface area contributed by atoms with Gasteiger partial charge in [-0.1, -0.05) is 35.5 Å². The van der Waals surface area contributed by atoms with Crippen LogP contribution in [-0.2, 0) is 4.79 Å². The third kappa shape index (κ3) is 5.17. The van der Waals surface area contributed by atoms with Gasteiger partial charge in [-0.15, -0.1) is 0 Å². The fourth-order valence-electron chi connectivity index (χ4n) is 2.00. The lowest BCUT2D eigenvalue weighted by atomic mass is 10.3. The molecule has 0 aliphatic rings. The van der Waals surface area contributed by atoms with Crippen LogP contribution in [0.15, 0.2) is 83.0 Å². The number of carbonyl (C=O) groups is 1. The maximum atomic E-state index is 11.9. The van der Waals surface area contributed by atoms with Crippen molar-refractivity contribution in [3.63, 3.8) is 0 Å². The van der Waals surface area contributed by atoms with Gasteiger partial charge in [0.2, 0.25) is 5.91 Å². The molecule has 0 unspecified atom stereocenters. The Morgan fingerprint density at radius 2 is 1.88 bits per heavy atom. The Labute approximate surface area is 155 Å². The predicted molar refractivity (Wildman–Crippen MR) is 102 cm³/mol. The molecule has 0 saturated heterocycles. The zero-order chi connectivity index (χ0) is 17.5. The second-order valence-electron chi connectivity index (χ2n) is 5.01. The van der Waals surface area contributed by atoms with Gasteiger partial charge in [0.25, 0.3) is 0 Å². The van der Waals surface area contributed by atoms with Crippen molar-refractivity contribution in [1.82, 2.24) is 9.97 Å². The second kappa shape index (κ2) is 8.46. The lowest BCUT2D eigenvalue weighted by Crippen LogP contribution is -2.07. The van der Waals surface area contributed by atoms with Crippen LogP contribution in [0.4, 0.5) is 5.69 Å². The molecule has 0 aliphatic carbocycles. The Balaban J connectivity index is 1.60. The Hall–Kier alpha value is -2.63. The molecule has 1 heterocycles. The van der Waals surface area contributed by atoms with Gasteiger partial charge < -0.3 is 5.32 Å². The van der Waals surface area contributed by atoms with Crippen molar-refractivity contribution in [1.29, 1.82) is 0 Å². The number of amides is 1. The summed E-state index contributed by atoms with van der Waals surface area (Å²) in [6, 6.07) is 15.3. The summed E-state index contributed by atoms with van der Waals surface area (Å²) >= 11 is 7.74. The van der Waals surface area contributed by atoms with E-state index in [1.54, 1.807) is 36.4 Å². The van der Waals surface area contributed by atoms with Crippen LogP contribution in [-0.4, -0.2) is 15.9 Å². The Bertz CT molecular complexity index is 883. The molecule has 0 bridgehead atoms. The molecule has 6 heteroatoms. The average molecular weight is 368 g/mol. The summed E-state index contributed by atoms with van der Waals surface area (Å²) in [5, 5.41) is 3.53. The van der Waals surface area contributed by atoms with Gasteiger partial charge >= 0.3 is 0 Å². The number of hydrogen-bond acceptors (Lipinski definition) is 4. The van der Waals surface area contributed by atoms with Gasteiger partial charge in [0, 0.05) is 33.9 Å². The zero-order valence-electron chi connectivity index (χ0n) is 13.1. The minimum atomic E-state index is -0.225. The molecular formula is C19H14ClN3OS. The smallest absolute Gasteiger partial charge is 0.248 e. The first-order chi connectivity index (χ1) is 12.2. The number of rotatable bonds is 5. The molecule has 1 aromatic heterocycles. The highest BCUT2D eigenvalue weighted by Crippen LogP contribution is 2.33. The number of hydrogen-bond donors (Lipinski definition) is 1. The van der Waals surface area contributed by atoms with Gasteiger partial charge in [-0.05, 0) is 42.5 Å². The van der Waals surface area contributed by atoms with Crippen molar-refractivity contribution < 1.29 is 4.79 Å². The third-order valence-electron chi connectivity index (χ3n) is 3.17. The largest absolute Gasteiger partial charge is 0.323 e. The molecule has 0 radical (unpaired) electrons. The van der Waals surface area contributed by atoms with Crippen LogP contribution in [0, 0.1) is 0 Å². The van der Waals surface area contributed by atoms with E-state index in [9.17, 15) is 4.79 Å². The molecule has 1 amide bonds. The van der Waals surface area contributed by atoms with Crippen LogP contribution in [0.2, 0.25) is 5.02 Å². The lowest BCUT2D eigenvalue weighted by Gasteiger charge is -2.06. The average Bonchev–Trinajstić information content (AvgIpc) is 2.64. The normalized spacial score (nSPS) is 10.8. The number of carbonyl (C=O) groups excluding carboxylic acids is 1. The molecule has 4 nitrogen and oxygen atoms in total. The van der Waals surface area contributed by atoms with Gasteiger partial charge in [0.1, 0.15) is 0 Å². The predicted octanol–water partition coefficient (Wildman–Crippen LogP) is 4.93. The van der Waals surface area contributed by atoms with Gasteiger partial charge in [-0.2, -0.15) is 0 Å². The van der Waals surface area contributed by atoms with Crippen LogP contribution in [0.5, 0.6) is 0 Å². The first kappa shape index (κ1) is 17.2. The lowest BCUT2D eigenvalue weighted by molar-refractivity contribution is -0.111. The summed E-state index contributed by atoms with van der Waals surface area (Å²) in [6.07, 6.45) is 7.79. The molecule has 124 valence electrons. The molecule has 0 spiro atoms. The number of halogens is 1. The van der Waals surface area contributed by atoms with E-state index >= 15 is 0 Å². The summed E-state index contributed by atoms with van der Waals surface area (Å²) < 4.78 is 0. The summed E-state index contributed by atoms with van der Waals surface area (Å²) in [6.45, 7) is 0. The van der Waals surface area contributed by atoms with Crippen LogP contribution >= 0.6 is 23.4 Å². The fourth-order valence-corrected chi connectivity index (χ4v) is 3.09. The van der Waals surface area contributed by atoms with E-state index in [-0.39, 0.29) is 5.91 Å². The Morgan fingerprint density at radius 3 is 2.60 bits per heavy atom. The molecule has 2 aromatic carbocycles. The zero-order valence-corrected chi connectivity index (χ0v) is 14.7. The van der Waals surface area contributed by atoms with E-state index in [1.165, 1.54) is 6.08 Å². The van der Waals surface area contributed by atoms with Crippen LogP contribution < -0.4 is 5.32 Å². The molecule has 0 aliphatic heterocycles. The third-order valence-corrected chi connectivity index (χ3v) is 4.70. The maximum absolute atomic E-state index is 11.9. The first-order valence-corrected chi connectivity index (χ1v) is 8.68. The number of benzene rings is 2. The Morgan fingerprint density at radius 1 is 1.08 bits per heavy atom. The maximum Gasteiger partial charge on any atom is 0.248 e. The van der Waals surface area contributed by atoms with E-state index in [1.807, 2.05) is 48.5 Å². The van der Waals surface area contributed by atoms with E-state index in [2.05, 4.69) is 15.3 Å². The molecule has 25 heavy (non-hydrogen) atoms.